The number of amides is 1. The Labute approximate surface area is 127 Å². The molecule has 2 rings (SSSR count). The fraction of sp³-hybridized carbons (Fsp3) is 0.588. The predicted octanol–water partition coefficient (Wildman–Crippen LogP) is 2.42. The van der Waals surface area contributed by atoms with Gasteiger partial charge in [-0.15, -0.1) is 0 Å². The van der Waals surface area contributed by atoms with E-state index >= 15 is 0 Å². The highest BCUT2D eigenvalue weighted by Gasteiger charge is 2.31. The van der Waals surface area contributed by atoms with Crippen LogP contribution < -0.4 is 10.5 Å². The lowest BCUT2D eigenvalue weighted by molar-refractivity contribution is -0.137. The minimum atomic E-state index is 0.104. The smallest absolute Gasteiger partial charge is 0.226 e. The third-order valence-corrected chi connectivity index (χ3v) is 4.48. The number of nitrogens with two attached hydrogens (primary N) is 1. The molecule has 2 atom stereocenters. The van der Waals surface area contributed by atoms with E-state index in [1.54, 1.807) is 7.11 Å². The first-order valence-corrected chi connectivity index (χ1v) is 7.73. The maximum atomic E-state index is 12.6. The summed E-state index contributed by atoms with van der Waals surface area (Å²) >= 11 is 0. The number of carbonyl (C=O) groups excluding carboxylic acids is 1. The molecule has 4 heteroatoms. The van der Waals surface area contributed by atoms with Gasteiger partial charge in [-0.2, -0.15) is 0 Å². The van der Waals surface area contributed by atoms with Gasteiger partial charge in [0.15, 0.2) is 0 Å². The Morgan fingerprint density at radius 1 is 1.29 bits per heavy atom. The molecule has 0 bridgehead atoms. The zero-order chi connectivity index (χ0) is 15.2. The van der Waals surface area contributed by atoms with E-state index in [1.807, 2.05) is 36.2 Å². The Morgan fingerprint density at radius 3 is 2.57 bits per heavy atom. The van der Waals surface area contributed by atoms with Gasteiger partial charge >= 0.3 is 0 Å². The van der Waals surface area contributed by atoms with Gasteiger partial charge in [0.25, 0.3) is 0 Å². The van der Waals surface area contributed by atoms with Crippen molar-refractivity contribution >= 4 is 5.91 Å². The lowest BCUT2D eigenvalue weighted by Crippen LogP contribution is -2.40. The second-order valence-corrected chi connectivity index (χ2v) is 5.93. The van der Waals surface area contributed by atoms with Crippen molar-refractivity contribution in [2.24, 2.45) is 17.6 Å². The molecule has 2 unspecified atom stereocenters. The van der Waals surface area contributed by atoms with Crippen LogP contribution in [0.5, 0.6) is 5.75 Å². The van der Waals surface area contributed by atoms with Crippen LogP contribution in [0, 0.1) is 11.8 Å². The summed E-state index contributed by atoms with van der Waals surface area (Å²) < 4.78 is 5.15. The minimum absolute atomic E-state index is 0.104. The fourth-order valence-electron chi connectivity index (χ4n) is 3.18. The van der Waals surface area contributed by atoms with Crippen LogP contribution in [0.15, 0.2) is 24.3 Å². The average molecular weight is 290 g/mol. The van der Waals surface area contributed by atoms with Crippen LogP contribution in [0.25, 0.3) is 0 Å². The molecule has 1 aliphatic rings. The van der Waals surface area contributed by atoms with Crippen molar-refractivity contribution < 1.29 is 9.53 Å². The molecular formula is C17H26N2O2. The Kier molecular flexibility index (Phi) is 5.62. The van der Waals surface area contributed by atoms with Crippen molar-refractivity contribution in [3.8, 4) is 5.75 Å². The first-order valence-electron chi connectivity index (χ1n) is 7.73. The molecular weight excluding hydrogens is 264 g/mol. The molecule has 0 aromatic heterocycles. The maximum absolute atomic E-state index is 12.6. The lowest BCUT2D eigenvalue weighted by Gasteiger charge is -2.32. The van der Waals surface area contributed by atoms with E-state index in [2.05, 4.69) is 0 Å². The van der Waals surface area contributed by atoms with Crippen LogP contribution >= 0.6 is 0 Å². The molecule has 0 spiro atoms. The zero-order valence-corrected chi connectivity index (χ0v) is 13.0. The largest absolute Gasteiger partial charge is 0.497 e. The van der Waals surface area contributed by atoms with Crippen LogP contribution in [-0.2, 0) is 11.3 Å². The van der Waals surface area contributed by atoms with Crippen molar-refractivity contribution in [2.45, 2.75) is 32.2 Å². The molecule has 1 aromatic rings. The van der Waals surface area contributed by atoms with E-state index in [1.165, 1.54) is 6.42 Å². The summed E-state index contributed by atoms with van der Waals surface area (Å²) in [6, 6.07) is 7.86. The topological polar surface area (TPSA) is 55.6 Å². The van der Waals surface area contributed by atoms with Crippen molar-refractivity contribution in [1.82, 2.24) is 4.90 Å². The standard InChI is InChI=1S/C17H26N2O2/c1-19(12-13-7-9-15(21-2)10-8-13)17(20)16-6-4-3-5-14(16)11-18/h7-10,14,16H,3-6,11-12,18H2,1-2H3. The Bertz CT molecular complexity index is 458. The van der Waals surface area contributed by atoms with Gasteiger partial charge in [-0.25, -0.2) is 0 Å². The summed E-state index contributed by atoms with van der Waals surface area (Å²) in [5.74, 6) is 1.53. The number of nitrogens with zero attached hydrogens (tertiary/aromatic N) is 1. The number of rotatable bonds is 5. The van der Waals surface area contributed by atoms with E-state index in [0.29, 0.717) is 19.0 Å². The predicted molar refractivity (Wildman–Crippen MR) is 84.0 cm³/mol. The molecule has 0 aliphatic heterocycles. The number of carbonyl (C=O) groups is 1. The van der Waals surface area contributed by atoms with Crippen LogP contribution in [0.3, 0.4) is 0 Å². The first kappa shape index (κ1) is 15.8. The molecule has 0 heterocycles. The Hall–Kier alpha value is -1.55. The fourth-order valence-corrected chi connectivity index (χ4v) is 3.18. The van der Waals surface area contributed by atoms with Gasteiger partial charge in [0.1, 0.15) is 5.75 Å². The average Bonchev–Trinajstić information content (AvgIpc) is 2.54. The van der Waals surface area contributed by atoms with Crippen molar-refractivity contribution in [3.63, 3.8) is 0 Å². The second-order valence-electron chi connectivity index (χ2n) is 5.93. The summed E-state index contributed by atoms with van der Waals surface area (Å²) in [5, 5.41) is 0. The van der Waals surface area contributed by atoms with E-state index < -0.39 is 0 Å². The quantitative estimate of drug-likeness (QED) is 0.906. The normalized spacial score (nSPS) is 21.9. The second kappa shape index (κ2) is 7.46. The van der Waals surface area contributed by atoms with E-state index in [4.69, 9.17) is 10.5 Å². The monoisotopic (exact) mass is 290 g/mol. The van der Waals surface area contributed by atoms with E-state index in [-0.39, 0.29) is 11.8 Å². The molecule has 2 N–H and O–H groups in total. The molecule has 0 radical (unpaired) electrons. The van der Waals surface area contributed by atoms with Crippen LogP contribution in [0.2, 0.25) is 0 Å². The van der Waals surface area contributed by atoms with Gasteiger partial charge in [0.2, 0.25) is 5.91 Å². The van der Waals surface area contributed by atoms with Crippen LogP contribution in [0.1, 0.15) is 31.2 Å². The lowest BCUT2D eigenvalue weighted by atomic mass is 9.78. The number of methoxy groups -OCH3 is 1. The number of hydrogen-bond donors (Lipinski definition) is 1. The molecule has 1 aromatic carbocycles. The van der Waals surface area contributed by atoms with E-state index in [9.17, 15) is 4.79 Å². The Balaban J connectivity index is 1.97. The molecule has 1 aliphatic carbocycles. The minimum Gasteiger partial charge on any atom is -0.497 e. The maximum Gasteiger partial charge on any atom is 0.226 e. The van der Waals surface area contributed by atoms with Gasteiger partial charge in [0.05, 0.1) is 7.11 Å². The Morgan fingerprint density at radius 2 is 1.95 bits per heavy atom. The van der Waals surface area contributed by atoms with Gasteiger partial charge in [-0.1, -0.05) is 25.0 Å². The van der Waals surface area contributed by atoms with Crippen molar-refractivity contribution in [1.29, 1.82) is 0 Å². The molecule has 1 fully saturated rings. The molecule has 4 nitrogen and oxygen atoms in total. The summed E-state index contributed by atoms with van der Waals surface area (Å²) in [4.78, 5) is 14.5. The number of ether oxygens (including phenoxy) is 1. The molecule has 0 saturated heterocycles. The van der Waals surface area contributed by atoms with Gasteiger partial charge in [-0.05, 0) is 43.0 Å². The zero-order valence-electron chi connectivity index (χ0n) is 13.0. The third-order valence-electron chi connectivity index (χ3n) is 4.48. The van der Waals surface area contributed by atoms with Crippen molar-refractivity contribution in [3.05, 3.63) is 29.8 Å². The van der Waals surface area contributed by atoms with E-state index in [0.717, 1.165) is 30.6 Å². The highest BCUT2D eigenvalue weighted by molar-refractivity contribution is 5.79. The van der Waals surface area contributed by atoms with Gasteiger partial charge < -0.3 is 15.4 Å². The number of hydrogen-bond acceptors (Lipinski definition) is 3. The summed E-state index contributed by atoms with van der Waals surface area (Å²) in [6.07, 6.45) is 4.41. The first-order chi connectivity index (χ1) is 10.2. The SMILES string of the molecule is COc1ccc(CN(C)C(=O)C2CCCCC2CN)cc1. The molecule has 1 amide bonds. The molecule has 21 heavy (non-hydrogen) atoms. The molecule has 116 valence electrons. The summed E-state index contributed by atoms with van der Waals surface area (Å²) in [7, 11) is 3.54. The van der Waals surface area contributed by atoms with Gasteiger partial charge in [-0.3, -0.25) is 4.79 Å². The van der Waals surface area contributed by atoms with Crippen molar-refractivity contribution in [2.75, 3.05) is 20.7 Å². The molecule has 1 saturated carbocycles. The highest BCUT2D eigenvalue weighted by atomic mass is 16.5. The highest BCUT2D eigenvalue weighted by Crippen LogP contribution is 2.30. The van der Waals surface area contributed by atoms with Crippen LogP contribution in [-0.4, -0.2) is 31.5 Å². The van der Waals surface area contributed by atoms with Crippen LogP contribution in [0.4, 0.5) is 0 Å². The summed E-state index contributed by atoms with van der Waals surface area (Å²) in [6.45, 7) is 1.25. The number of benzene rings is 1. The third kappa shape index (κ3) is 3.97. The summed E-state index contributed by atoms with van der Waals surface area (Å²) in [5.41, 5.74) is 6.95. The van der Waals surface area contributed by atoms with Gasteiger partial charge in [0, 0.05) is 19.5 Å².